The second-order valence-corrected chi connectivity index (χ2v) is 4.72. The third kappa shape index (κ3) is 3.00. The fraction of sp³-hybridized carbons (Fsp3) is 0.462. The lowest BCUT2D eigenvalue weighted by Crippen LogP contribution is -2.46. The summed E-state index contributed by atoms with van der Waals surface area (Å²) >= 11 is 0. The molecule has 1 aromatic rings. The summed E-state index contributed by atoms with van der Waals surface area (Å²) in [6.07, 6.45) is 1.37. The average Bonchev–Trinajstić information content (AvgIpc) is 2.37. The number of hydrogen-bond acceptors (Lipinski definition) is 4. The van der Waals surface area contributed by atoms with Gasteiger partial charge in [0.25, 0.3) is 0 Å². The fourth-order valence-electron chi connectivity index (χ4n) is 2.19. The van der Waals surface area contributed by atoms with Gasteiger partial charge in [0, 0.05) is 12.6 Å². The fourth-order valence-corrected chi connectivity index (χ4v) is 2.19. The molecule has 0 saturated heterocycles. The van der Waals surface area contributed by atoms with E-state index in [-0.39, 0.29) is 17.9 Å². The van der Waals surface area contributed by atoms with Gasteiger partial charge >= 0.3 is 0 Å². The van der Waals surface area contributed by atoms with Crippen LogP contribution in [0.25, 0.3) is 0 Å². The Labute approximate surface area is 106 Å². The van der Waals surface area contributed by atoms with Gasteiger partial charge in [-0.3, -0.25) is 0 Å². The highest BCUT2D eigenvalue weighted by Crippen LogP contribution is 2.21. The number of aliphatic hydroxyl groups excluding tert-OH is 1. The van der Waals surface area contributed by atoms with Gasteiger partial charge in [-0.15, -0.1) is 0 Å². The molecule has 0 bridgehead atoms. The van der Waals surface area contributed by atoms with Gasteiger partial charge < -0.3 is 21.4 Å². The Morgan fingerprint density at radius 1 is 1.39 bits per heavy atom. The van der Waals surface area contributed by atoms with Crippen molar-refractivity contribution in [2.75, 3.05) is 6.54 Å². The Balaban J connectivity index is 1.98. The molecular formula is C13H19N3O2. The van der Waals surface area contributed by atoms with Gasteiger partial charge in [-0.25, -0.2) is 0 Å². The average molecular weight is 249 g/mol. The number of rotatable bonds is 5. The summed E-state index contributed by atoms with van der Waals surface area (Å²) in [7, 11) is 0. The molecule has 18 heavy (non-hydrogen) atoms. The number of nitrogens with zero attached hydrogens (tertiary/aromatic N) is 1. The van der Waals surface area contributed by atoms with Gasteiger partial charge in [0.15, 0.2) is 0 Å². The van der Waals surface area contributed by atoms with Gasteiger partial charge in [0.05, 0.1) is 12.0 Å². The minimum atomic E-state index is -0.179. The maximum Gasteiger partial charge on any atom is 0.147 e. The predicted molar refractivity (Wildman–Crippen MR) is 69.6 cm³/mol. The molecule has 0 amide bonds. The van der Waals surface area contributed by atoms with E-state index in [1.165, 1.54) is 0 Å². The highest BCUT2D eigenvalue weighted by Gasteiger charge is 2.28. The number of benzene rings is 1. The first-order chi connectivity index (χ1) is 8.70. The molecule has 1 fully saturated rings. The number of nitrogens with two attached hydrogens (primary N) is 1. The second kappa shape index (κ2) is 5.84. The first kappa shape index (κ1) is 12.9. The molecule has 1 aromatic carbocycles. The smallest absolute Gasteiger partial charge is 0.147 e. The summed E-state index contributed by atoms with van der Waals surface area (Å²) < 4.78 is 0. The van der Waals surface area contributed by atoms with Crippen LogP contribution in [-0.4, -0.2) is 34.8 Å². The molecule has 1 aliphatic carbocycles. The predicted octanol–water partition coefficient (Wildman–Crippen LogP) is 0.630. The molecular weight excluding hydrogens is 230 g/mol. The van der Waals surface area contributed by atoms with Crippen molar-refractivity contribution < 1.29 is 10.3 Å². The Morgan fingerprint density at radius 3 is 2.61 bits per heavy atom. The molecule has 0 spiro atoms. The minimum absolute atomic E-state index is 0.144. The molecule has 0 aromatic heterocycles. The lowest BCUT2D eigenvalue weighted by molar-refractivity contribution is 0.0626. The third-order valence-corrected chi connectivity index (χ3v) is 3.40. The van der Waals surface area contributed by atoms with E-state index in [1.54, 1.807) is 0 Å². The van der Waals surface area contributed by atoms with Crippen molar-refractivity contribution in [3.63, 3.8) is 0 Å². The van der Waals surface area contributed by atoms with Crippen LogP contribution in [0.3, 0.4) is 0 Å². The number of nitrogens with one attached hydrogen (secondary N) is 1. The Morgan fingerprint density at radius 2 is 2.06 bits per heavy atom. The van der Waals surface area contributed by atoms with E-state index in [0.717, 1.165) is 18.4 Å². The van der Waals surface area contributed by atoms with Gasteiger partial charge in [-0.05, 0) is 18.4 Å². The van der Waals surface area contributed by atoms with E-state index in [4.69, 9.17) is 10.9 Å². The summed E-state index contributed by atoms with van der Waals surface area (Å²) in [5, 5.41) is 24.5. The molecule has 1 unspecified atom stereocenters. The first-order valence-corrected chi connectivity index (χ1v) is 6.14. The highest BCUT2D eigenvalue weighted by atomic mass is 16.4. The normalized spacial score (nSPS) is 25.5. The summed E-state index contributed by atoms with van der Waals surface area (Å²) in [5.41, 5.74) is 6.75. The van der Waals surface area contributed by atoms with E-state index in [1.807, 2.05) is 30.3 Å². The van der Waals surface area contributed by atoms with E-state index < -0.39 is 0 Å². The van der Waals surface area contributed by atoms with Crippen molar-refractivity contribution in [2.24, 2.45) is 10.9 Å². The van der Waals surface area contributed by atoms with Gasteiger partial charge in [-0.1, -0.05) is 35.5 Å². The summed E-state index contributed by atoms with van der Waals surface area (Å²) in [6, 6.07) is 10.0. The zero-order chi connectivity index (χ0) is 13.0. The van der Waals surface area contributed by atoms with Crippen LogP contribution in [0.15, 0.2) is 35.5 Å². The highest BCUT2D eigenvalue weighted by molar-refractivity contribution is 5.87. The molecule has 0 heterocycles. The molecule has 5 nitrogen and oxygen atoms in total. The van der Waals surface area contributed by atoms with E-state index in [0.29, 0.717) is 12.6 Å². The third-order valence-electron chi connectivity index (χ3n) is 3.40. The van der Waals surface area contributed by atoms with Crippen LogP contribution in [0.2, 0.25) is 0 Å². The molecule has 1 aliphatic rings. The van der Waals surface area contributed by atoms with E-state index >= 15 is 0 Å². The molecule has 5 heteroatoms. The van der Waals surface area contributed by atoms with Crippen LogP contribution in [0.5, 0.6) is 0 Å². The molecule has 2 rings (SSSR count). The van der Waals surface area contributed by atoms with Gasteiger partial charge in [0.2, 0.25) is 0 Å². The van der Waals surface area contributed by atoms with Crippen LogP contribution in [-0.2, 0) is 0 Å². The topological polar surface area (TPSA) is 90.9 Å². The minimum Gasteiger partial charge on any atom is -0.409 e. The SMILES string of the molecule is NC(=NO)C(CNC1CC(O)C1)c1ccccc1. The summed E-state index contributed by atoms with van der Waals surface area (Å²) in [6.45, 7) is 0.608. The van der Waals surface area contributed by atoms with Crippen molar-refractivity contribution in [1.29, 1.82) is 0 Å². The van der Waals surface area contributed by atoms with Gasteiger partial charge in [0.1, 0.15) is 5.84 Å². The van der Waals surface area contributed by atoms with Crippen LogP contribution < -0.4 is 11.1 Å². The van der Waals surface area contributed by atoms with Crippen molar-refractivity contribution in [3.8, 4) is 0 Å². The van der Waals surface area contributed by atoms with Crippen LogP contribution >= 0.6 is 0 Å². The lowest BCUT2D eigenvalue weighted by atomic mass is 9.88. The molecule has 0 aliphatic heterocycles. The maximum absolute atomic E-state index is 9.23. The number of amidine groups is 1. The number of hydrogen-bond donors (Lipinski definition) is 4. The van der Waals surface area contributed by atoms with Crippen molar-refractivity contribution in [2.45, 2.75) is 30.9 Å². The van der Waals surface area contributed by atoms with Crippen molar-refractivity contribution in [3.05, 3.63) is 35.9 Å². The Kier molecular flexibility index (Phi) is 4.17. The number of oxime groups is 1. The largest absolute Gasteiger partial charge is 0.409 e. The zero-order valence-corrected chi connectivity index (χ0v) is 10.2. The maximum atomic E-state index is 9.23. The molecule has 5 N–H and O–H groups in total. The second-order valence-electron chi connectivity index (χ2n) is 4.72. The molecule has 1 atom stereocenters. The van der Waals surface area contributed by atoms with Crippen molar-refractivity contribution in [1.82, 2.24) is 5.32 Å². The molecule has 98 valence electrons. The molecule has 0 radical (unpaired) electrons. The first-order valence-electron chi connectivity index (χ1n) is 6.14. The quantitative estimate of drug-likeness (QED) is 0.267. The summed E-state index contributed by atoms with van der Waals surface area (Å²) in [5.74, 6) is 0.0579. The van der Waals surface area contributed by atoms with E-state index in [9.17, 15) is 5.11 Å². The van der Waals surface area contributed by atoms with Crippen LogP contribution in [0.4, 0.5) is 0 Å². The lowest BCUT2D eigenvalue weighted by Gasteiger charge is -2.33. The summed E-state index contributed by atoms with van der Waals surface area (Å²) in [4.78, 5) is 0. The monoisotopic (exact) mass is 249 g/mol. The number of aliphatic hydroxyl groups is 1. The molecule has 1 saturated carbocycles. The van der Waals surface area contributed by atoms with Crippen LogP contribution in [0.1, 0.15) is 24.3 Å². The Bertz CT molecular complexity index is 402. The zero-order valence-electron chi connectivity index (χ0n) is 10.2. The van der Waals surface area contributed by atoms with Crippen LogP contribution in [0, 0.1) is 0 Å². The van der Waals surface area contributed by atoms with E-state index in [2.05, 4.69) is 10.5 Å². The van der Waals surface area contributed by atoms with Gasteiger partial charge in [-0.2, -0.15) is 0 Å². The standard InChI is InChI=1S/C13H19N3O2/c14-13(16-18)12(9-4-2-1-3-5-9)8-15-10-6-11(17)7-10/h1-5,10-12,15,17-18H,6-8H2,(H2,14,16). The van der Waals surface area contributed by atoms with Crippen molar-refractivity contribution >= 4 is 5.84 Å². The Hall–Kier alpha value is -1.59.